The van der Waals surface area contributed by atoms with Crippen LogP contribution in [0.15, 0.2) is 18.2 Å². The summed E-state index contributed by atoms with van der Waals surface area (Å²) in [6, 6.07) is 4.92. The van der Waals surface area contributed by atoms with Crippen LogP contribution in [0.5, 0.6) is 0 Å². The molecule has 2 N–H and O–H groups in total. The van der Waals surface area contributed by atoms with Crippen molar-refractivity contribution in [2.24, 2.45) is 0 Å². The first kappa shape index (κ1) is 14.5. The van der Waals surface area contributed by atoms with Gasteiger partial charge in [-0.1, -0.05) is 0 Å². The molecule has 2 rings (SSSR count). The molecule has 0 saturated heterocycles. The van der Waals surface area contributed by atoms with E-state index in [9.17, 15) is 9.59 Å². The van der Waals surface area contributed by atoms with Crippen LogP contribution in [0.2, 0.25) is 0 Å². The third kappa shape index (κ3) is 3.17. The molecule has 1 amide bonds. The van der Waals surface area contributed by atoms with E-state index in [2.05, 4.69) is 0 Å². The van der Waals surface area contributed by atoms with E-state index in [1.165, 1.54) is 0 Å². The summed E-state index contributed by atoms with van der Waals surface area (Å²) in [6.07, 6.45) is 3.49. The van der Waals surface area contributed by atoms with Crippen LogP contribution in [0.4, 0.5) is 5.69 Å². The Morgan fingerprint density at radius 1 is 1.20 bits per heavy atom. The Labute approximate surface area is 117 Å². The number of unbranched alkanes of at least 4 members (excludes halogenated alkanes) is 2. The van der Waals surface area contributed by atoms with E-state index >= 15 is 0 Å². The second kappa shape index (κ2) is 6.52. The molecule has 0 saturated carbocycles. The van der Waals surface area contributed by atoms with Gasteiger partial charge >= 0.3 is 5.97 Å². The van der Waals surface area contributed by atoms with Gasteiger partial charge in [0.2, 0.25) is 5.91 Å². The number of nitrogens with zero attached hydrogens (tertiary/aromatic N) is 1. The molecule has 108 valence electrons. The number of anilines is 1. The molecular formula is C15H19NO4. The number of carbonyl (C=O) groups excluding carboxylic acids is 1. The number of hydrogen-bond acceptors (Lipinski definition) is 3. The van der Waals surface area contributed by atoms with Crippen LogP contribution in [-0.4, -0.2) is 35.2 Å². The number of carboxylic acids is 1. The average Bonchev–Trinajstić information content (AvgIpc) is 2.44. The van der Waals surface area contributed by atoms with E-state index in [1.807, 2.05) is 0 Å². The zero-order valence-electron chi connectivity index (χ0n) is 11.3. The van der Waals surface area contributed by atoms with Crippen molar-refractivity contribution in [1.82, 2.24) is 0 Å². The zero-order valence-corrected chi connectivity index (χ0v) is 11.3. The number of carboxylic acid groups (broad SMARTS) is 1. The Balaban J connectivity index is 2.14. The number of fused-ring (bicyclic) bond motifs is 1. The standard InChI is InChI=1S/C15H19NO4/c17-9-3-1-2-8-16-13-6-4-12(15(19)20)10-11(13)5-7-14(16)18/h4,6,10,17H,1-3,5,7-9H2,(H,19,20). The molecule has 0 unspecified atom stereocenters. The maximum atomic E-state index is 12.0. The van der Waals surface area contributed by atoms with Crippen molar-refractivity contribution in [3.05, 3.63) is 29.3 Å². The highest BCUT2D eigenvalue weighted by Gasteiger charge is 2.24. The molecular weight excluding hydrogens is 258 g/mol. The van der Waals surface area contributed by atoms with Gasteiger partial charge in [-0.3, -0.25) is 4.79 Å². The van der Waals surface area contributed by atoms with Gasteiger partial charge in [-0.2, -0.15) is 0 Å². The number of aliphatic hydroxyl groups is 1. The van der Waals surface area contributed by atoms with Crippen LogP contribution in [0.1, 0.15) is 41.6 Å². The number of rotatable bonds is 6. The molecule has 0 atom stereocenters. The Morgan fingerprint density at radius 3 is 2.70 bits per heavy atom. The van der Waals surface area contributed by atoms with Crippen molar-refractivity contribution in [3.8, 4) is 0 Å². The summed E-state index contributed by atoms with van der Waals surface area (Å²) >= 11 is 0. The number of hydrogen-bond donors (Lipinski definition) is 2. The molecule has 0 spiro atoms. The second-order valence-corrected chi connectivity index (χ2v) is 4.98. The van der Waals surface area contributed by atoms with Crippen LogP contribution in [0, 0.1) is 0 Å². The summed E-state index contributed by atoms with van der Waals surface area (Å²) in [4.78, 5) is 24.7. The molecule has 1 aliphatic rings. The molecule has 0 bridgehead atoms. The SMILES string of the molecule is O=C(O)c1ccc2c(c1)CCC(=O)N2CCCCCO. The Hall–Kier alpha value is -1.88. The Kier molecular flexibility index (Phi) is 4.74. The first-order valence-corrected chi connectivity index (χ1v) is 6.91. The summed E-state index contributed by atoms with van der Waals surface area (Å²) in [7, 11) is 0. The summed E-state index contributed by atoms with van der Waals surface area (Å²) in [5.74, 6) is -0.858. The van der Waals surface area contributed by atoms with E-state index in [0.717, 1.165) is 30.5 Å². The largest absolute Gasteiger partial charge is 0.478 e. The van der Waals surface area contributed by atoms with Gasteiger partial charge in [0.15, 0.2) is 0 Å². The van der Waals surface area contributed by atoms with Crippen molar-refractivity contribution in [2.45, 2.75) is 32.1 Å². The molecule has 0 radical (unpaired) electrons. The Bertz CT molecular complexity index is 513. The lowest BCUT2D eigenvalue weighted by Crippen LogP contribution is -2.36. The number of aromatic carboxylic acids is 1. The van der Waals surface area contributed by atoms with Crippen molar-refractivity contribution in [2.75, 3.05) is 18.1 Å². The lowest BCUT2D eigenvalue weighted by molar-refractivity contribution is -0.118. The molecule has 1 aliphatic heterocycles. The van der Waals surface area contributed by atoms with Crippen LogP contribution in [0.25, 0.3) is 0 Å². The van der Waals surface area contributed by atoms with Crippen LogP contribution in [0.3, 0.4) is 0 Å². The van der Waals surface area contributed by atoms with Crippen LogP contribution >= 0.6 is 0 Å². The molecule has 1 aromatic carbocycles. The molecule has 5 heteroatoms. The van der Waals surface area contributed by atoms with Crippen molar-refractivity contribution in [1.29, 1.82) is 0 Å². The molecule has 0 aliphatic carbocycles. The number of aliphatic hydroxyl groups excluding tert-OH is 1. The molecule has 0 fully saturated rings. The van der Waals surface area contributed by atoms with E-state index < -0.39 is 5.97 Å². The van der Waals surface area contributed by atoms with Crippen LogP contribution < -0.4 is 4.90 Å². The number of benzene rings is 1. The number of carbonyl (C=O) groups is 2. The minimum absolute atomic E-state index is 0.0876. The fourth-order valence-corrected chi connectivity index (χ4v) is 2.50. The maximum absolute atomic E-state index is 12.0. The summed E-state index contributed by atoms with van der Waals surface area (Å²) in [5, 5.41) is 17.8. The number of amides is 1. The Morgan fingerprint density at radius 2 is 2.00 bits per heavy atom. The summed E-state index contributed by atoms with van der Waals surface area (Å²) < 4.78 is 0. The van der Waals surface area contributed by atoms with Gasteiger partial charge in [0.25, 0.3) is 0 Å². The highest BCUT2D eigenvalue weighted by atomic mass is 16.4. The molecule has 0 aromatic heterocycles. The fourth-order valence-electron chi connectivity index (χ4n) is 2.50. The van der Waals surface area contributed by atoms with Crippen molar-refractivity contribution < 1.29 is 19.8 Å². The fraction of sp³-hybridized carbons (Fsp3) is 0.467. The van der Waals surface area contributed by atoms with Gasteiger partial charge in [-0.05, 0) is 49.4 Å². The summed E-state index contributed by atoms with van der Waals surface area (Å²) in [6.45, 7) is 0.796. The van der Waals surface area contributed by atoms with Gasteiger partial charge < -0.3 is 15.1 Å². The third-order valence-electron chi connectivity index (χ3n) is 3.57. The normalized spacial score (nSPS) is 14.2. The number of aryl methyl sites for hydroxylation is 1. The van der Waals surface area contributed by atoms with Gasteiger partial charge in [0.05, 0.1) is 5.56 Å². The zero-order chi connectivity index (χ0) is 14.5. The van der Waals surface area contributed by atoms with E-state index in [1.54, 1.807) is 23.1 Å². The third-order valence-corrected chi connectivity index (χ3v) is 3.57. The minimum Gasteiger partial charge on any atom is -0.478 e. The predicted octanol–water partition coefficient (Wildman–Crippen LogP) is 1.83. The first-order valence-electron chi connectivity index (χ1n) is 6.91. The van der Waals surface area contributed by atoms with Crippen molar-refractivity contribution in [3.63, 3.8) is 0 Å². The predicted molar refractivity (Wildman–Crippen MR) is 75.0 cm³/mol. The monoisotopic (exact) mass is 277 g/mol. The van der Waals surface area contributed by atoms with Crippen LogP contribution in [-0.2, 0) is 11.2 Å². The lowest BCUT2D eigenvalue weighted by atomic mass is 9.98. The minimum atomic E-state index is -0.945. The maximum Gasteiger partial charge on any atom is 0.335 e. The van der Waals surface area contributed by atoms with Gasteiger partial charge in [-0.15, -0.1) is 0 Å². The van der Waals surface area contributed by atoms with E-state index in [0.29, 0.717) is 19.4 Å². The smallest absolute Gasteiger partial charge is 0.335 e. The molecule has 5 nitrogen and oxygen atoms in total. The molecule has 1 heterocycles. The summed E-state index contributed by atoms with van der Waals surface area (Å²) in [5.41, 5.74) is 2.01. The highest BCUT2D eigenvalue weighted by Crippen LogP contribution is 2.29. The van der Waals surface area contributed by atoms with Gasteiger partial charge in [0, 0.05) is 25.3 Å². The topological polar surface area (TPSA) is 77.8 Å². The van der Waals surface area contributed by atoms with Crippen molar-refractivity contribution >= 4 is 17.6 Å². The van der Waals surface area contributed by atoms with E-state index in [-0.39, 0.29) is 18.1 Å². The molecule has 1 aromatic rings. The van der Waals surface area contributed by atoms with Gasteiger partial charge in [0.1, 0.15) is 0 Å². The highest BCUT2D eigenvalue weighted by molar-refractivity contribution is 5.97. The molecule has 20 heavy (non-hydrogen) atoms. The first-order chi connectivity index (χ1) is 9.63. The quantitative estimate of drug-likeness (QED) is 0.778. The lowest BCUT2D eigenvalue weighted by Gasteiger charge is -2.29. The van der Waals surface area contributed by atoms with Gasteiger partial charge in [-0.25, -0.2) is 4.79 Å². The second-order valence-electron chi connectivity index (χ2n) is 4.98. The van der Waals surface area contributed by atoms with E-state index in [4.69, 9.17) is 10.2 Å². The average molecular weight is 277 g/mol.